The lowest BCUT2D eigenvalue weighted by Gasteiger charge is -2.08. The second-order valence-electron chi connectivity index (χ2n) is 3.79. The van der Waals surface area contributed by atoms with Gasteiger partial charge in [-0.2, -0.15) is 17.9 Å². The Labute approximate surface area is 121 Å². The van der Waals surface area contributed by atoms with Crippen molar-refractivity contribution in [2.24, 2.45) is 4.99 Å². The molecule has 2 rings (SSSR count). The summed E-state index contributed by atoms with van der Waals surface area (Å²) in [5.74, 6) is 0. The summed E-state index contributed by atoms with van der Waals surface area (Å²) in [6, 6.07) is 7.01. The highest BCUT2D eigenvalue weighted by atomic mass is 35.5. The molecule has 0 aliphatic heterocycles. The van der Waals surface area contributed by atoms with E-state index in [2.05, 4.69) is 4.99 Å². The average Bonchev–Trinajstić information content (AvgIpc) is 2.36. The average molecular weight is 323 g/mol. The Hall–Kier alpha value is -1.66. The van der Waals surface area contributed by atoms with E-state index in [9.17, 15) is 18.4 Å². The van der Waals surface area contributed by atoms with Crippen LogP contribution in [0, 0.1) is 0 Å². The molecule has 0 bridgehead atoms. The van der Waals surface area contributed by atoms with Crippen LogP contribution in [0.2, 0.25) is 10.2 Å². The highest BCUT2D eigenvalue weighted by Crippen LogP contribution is 2.34. The van der Waals surface area contributed by atoms with Gasteiger partial charge in [-0.1, -0.05) is 29.3 Å². The topological polar surface area (TPSA) is 37.5 Å². The molecule has 0 fully saturated rings. The van der Waals surface area contributed by atoms with Gasteiger partial charge in [0.2, 0.25) is 0 Å². The molecule has 0 aliphatic rings. The summed E-state index contributed by atoms with van der Waals surface area (Å²) in [6.45, 7) is 0. The molecular formula is C12H7Cl2F3N2O. The minimum absolute atomic E-state index is 0.0259. The zero-order valence-electron chi connectivity index (χ0n) is 9.70. The summed E-state index contributed by atoms with van der Waals surface area (Å²) in [4.78, 5) is 3.87. The first-order valence-electron chi connectivity index (χ1n) is 5.27. The largest absolute Gasteiger partial charge is 0.426 e. The number of hydrogen-bond acceptors (Lipinski definition) is 2. The van der Waals surface area contributed by atoms with Gasteiger partial charge in [0.1, 0.15) is 5.15 Å². The molecule has 1 aromatic heterocycles. The van der Waals surface area contributed by atoms with E-state index in [1.54, 1.807) is 0 Å². The fourth-order valence-corrected chi connectivity index (χ4v) is 1.77. The molecule has 2 aromatic rings. The maximum absolute atomic E-state index is 12.6. The van der Waals surface area contributed by atoms with Crippen molar-refractivity contribution in [1.82, 2.24) is 4.73 Å². The van der Waals surface area contributed by atoms with Gasteiger partial charge >= 0.3 is 6.18 Å². The molecular weight excluding hydrogens is 316 g/mol. The molecule has 0 saturated carbocycles. The molecule has 1 aromatic carbocycles. The maximum atomic E-state index is 12.6. The maximum Gasteiger partial charge on any atom is 0.416 e. The first-order valence-corrected chi connectivity index (χ1v) is 6.03. The van der Waals surface area contributed by atoms with E-state index in [-0.39, 0.29) is 21.4 Å². The minimum atomic E-state index is -4.50. The molecule has 8 heteroatoms. The lowest BCUT2D eigenvalue weighted by Crippen LogP contribution is -2.18. The number of hydrogen-bond donors (Lipinski definition) is 1. The molecule has 106 valence electrons. The van der Waals surface area contributed by atoms with Gasteiger partial charge in [-0.25, -0.2) is 4.99 Å². The molecule has 0 saturated heterocycles. The van der Waals surface area contributed by atoms with Gasteiger partial charge in [-0.05, 0) is 30.3 Å². The lowest BCUT2D eigenvalue weighted by atomic mass is 10.2. The molecule has 0 spiro atoms. The molecule has 0 aliphatic carbocycles. The van der Waals surface area contributed by atoms with E-state index in [1.165, 1.54) is 18.2 Å². The summed E-state index contributed by atoms with van der Waals surface area (Å²) in [5.41, 5.74) is -1.04. The highest BCUT2D eigenvalue weighted by Gasteiger charge is 2.30. The molecule has 0 radical (unpaired) electrons. The van der Waals surface area contributed by atoms with E-state index in [0.717, 1.165) is 18.2 Å². The summed E-state index contributed by atoms with van der Waals surface area (Å²) in [6.07, 6.45) is -4.50. The third-order valence-corrected chi connectivity index (χ3v) is 3.01. The number of aromatic nitrogens is 1. The van der Waals surface area contributed by atoms with Gasteiger partial charge in [-0.3, -0.25) is 0 Å². The Kier molecular flexibility index (Phi) is 3.96. The Bertz CT molecular complexity index is 711. The summed E-state index contributed by atoms with van der Waals surface area (Å²) in [7, 11) is 0. The Morgan fingerprint density at radius 1 is 1.10 bits per heavy atom. The van der Waals surface area contributed by atoms with Crippen LogP contribution in [-0.4, -0.2) is 9.94 Å². The fraction of sp³-hybridized carbons (Fsp3) is 0.0833. The van der Waals surface area contributed by atoms with Crippen molar-refractivity contribution in [3.63, 3.8) is 0 Å². The number of rotatable bonds is 1. The molecule has 3 nitrogen and oxygen atoms in total. The second-order valence-corrected chi connectivity index (χ2v) is 4.59. The van der Waals surface area contributed by atoms with Gasteiger partial charge in [0.25, 0.3) is 0 Å². The van der Waals surface area contributed by atoms with E-state index >= 15 is 0 Å². The van der Waals surface area contributed by atoms with Gasteiger partial charge in [-0.15, -0.1) is 0 Å². The lowest BCUT2D eigenvalue weighted by molar-refractivity contribution is -0.137. The van der Waals surface area contributed by atoms with Gasteiger partial charge in [0.05, 0.1) is 16.3 Å². The predicted octanol–water partition coefficient (Wildman–Crippen LogP) is 4.28. The SMILES string of the molecule is On1c(Cl)cccc1=Nc1cc(C(F)(F)F)ccc1Cl. The third-order valence-electron chi connectivity index (χ3n) is 2.41. The van der Waals surface area contributed by atoms with Crippen LogP contribution >= 0.6 is 23.2 Å². The van der Waals surface area contributed by atoms with E-state index in [0.29, 0.717) is 4.73 Å². The van der Waals surface area contributed by atoms with Crippen LogP contribution in [-0.2, 0) is 6.18 Å². The quantitative estimate of drug-likeness (QED) is 0.617. The molecule has 0 atom stereocenters. The van der Waals surface area contributed by atoms with E-state index in [1.807, 2.05) is 0 Å². The normalized spacial score (nSPS) is 12.8. The third kappa shape index (κ3) is 3.08. The zero-order chi connectivity index (χ0) is 14.9. The number of alkyl halides is 3. The van der Waals surface area contributed by atoms with Crippen LogP contribution in [0.15, 0.2) is 41.4 Å². The molecule has 20 heavy (non-hydrogen) atoms. The molecule has 0 unspecified atom stereocenters. The van der Waals surface area contributed by atoms with Crippen molar-refractivity contribution in [3.05, 3.63) is 57.6 Å². The highest BCUT2D eigenvalue weighted by molar-refractivity contribution is 6.33. The number of nitrogens with zero attached hydrogens (tertiary/aromatic N) is 2. The smallest absolute Gasteiger partial charge is 0.416 e. The molecule has 1 N–H and O–H groups in total. The van der Waals surface area contributed by atoms with Crippen LogP contribution in [0.1, 0.15) is 5.56 Å². The van der Waals surface area contributed by atoms with Crippen LogP contribution in [0.4, 0.5) is 18.9 Å². The van der Waals surface area contributed by atoms with Crippen LogP contribution in [0.5, 0.6) is 0 Å². The summed E-state index contributed by atoms with van der Waals surface area (Å²) < 4.78 is 38.4. The molecule has 1 heterocycles. The number of pyridine rings is 1. The van der Waals surface area contributed by atoms with Gasteiger partial charge < -0.3 is 5.21 Å². The van der Waals surface area contributed by atoms with Crippen molar-refractivity contribution in [2.75, 3.05) is 0 Å². The Morgan fingerprint density at radius 2 is 1.80 bits per heavy atom. The number of benzene rings is 1. The Balaban J connectivity index is 2.61. The summed E-state index contributed by atoms with van der Waals surface area (Å²) in [5, 5.41) is 9.60. The monoisotopic (exact) mass is 322 g/mol. The van der Waals surface area contributed by atoms with E-state index in [4.69, 9.17) is 23.2 Å². The van der Waals surface area contributed by atoms with Crippen molar-refractivity contribution >= 4 is 28.9 Å². The molecule has 0 amide bonds. The second kappa shape index (κ2) is 5.38. The minimum Gasteiger partial charge on any atom is -0.426 e. The van der Waals surface area contributed by atoms with Gasteiger partial charge in [0.15, 0.2) is 5.49 Å². The van der Waals surface area contributed by atoms with Crippen LogP contribution < -0.4 is 5.49 Å². The summed E-state index contributed by atoms with van der Waals surface area (Å²) >= 11 is 11.5. The van der Waals surface area contributed by atoms with Crippen molar-refractivity contribution in [2.45, 2.75) is 6.18 Å². The van der Waals surface area contributed by atoms with Gasteiger partial charge in [0, 0.05) is 0 Å². The number of halogens is 5. The predicted molar refractivity (Wildman–Crippen MR) is 68.3 cm³/mol. The Morgan fingerprint density at radius 3 is 2.45 bits per heavy atom. The van der Waals surface area contributed by atoms with Crippen molar-refractivity contribution < 1.29 is 18.4 Å². The standard InChI is InChI=1S/C12H7Cl2F3N2O/c13-8-5-4-7(12(15,16)17)6-9(8)18-11-3-1-2-10(14)19(11)20/h1-6,20H. The van der Waals surface area contributed by atoms with Crippen LogP contribution in [0.3, 0.4) is 0 Å². The van der Waals surface area contributed by atoms with Crippen molar-refractivity contribution in [1.29, 1.82) is 0 Å². The van der Waals surface area contributed by atoms with E-state index < -0.39 is 11.7 Å². The van der Waals surface area contributed by atoms with Crippen molar-refractivity contribution in [3.8, 4) is 0 Å². The fourth-order valence-electron chi connectivity index (χ4n) is 1.45. The first kappa shape index (κ1) is 14.7. The zero-order valence-corrected chi connectivity index (χ0v) is 11.2. The van der Waals surface area contributed by atoms with Crippen LogP contribution in [0.25, 0.3) is 0 Å². The first-order chi connectivity index (χ1) is 9.29.